The smallest absolute Gasteiger partial charge is 0.410 e. The van der Waals surface area contributed by atoms with E-state index in [1.54, 1.807) is 27.2 Å². The van der Waals surface area contributed by atoms with Crippen LogP contribution in [0.5, 0.6) is 0 Å². The van der Waals surface area contributed by atoms with Crippen LogP contribution in [0.1, 0.15) is 82.0 Å². The monoisotopic (exact) mass is 695 g/mol. The van der Waals surface area contributed by atoms with E-state index in [9.17, 15) is 14.0 Å². The van der Waals surface area contributed by atoms with Crippen LogP contribution in [0.15, 0.2) is 30.5 Å². The molecule has 10 nitrogen and oxygen atoms in total. The minimum absolute atomic E-state index is 0.0493. The Labute approximate surface area is 293 Å². The zero-order chi connectivity index (χ0) is 35.9. The number of piperidine rings is 1. The van der Waals surface area contributed by atoms with Crippen molar-refractivity contribution in [2.75, 3.05) is 52.5 Å². The number of halogens is 2. The molecule has 0 unspecified atom stereocenters. The number of morpholine rings is 1. The van der Waals surface area contributed by atoms with Gasteiger partial charge in [0.15, 0.2) is 0 Å². The van der Waals surface area contributed by atoms with Gasteiger partial charge in [-0.3, -0.25) is 9.69 Å². The predicted octanol–water partition coefficient (Wildman–Crippen LogP) is 6.29. The minimum Gasteiger partial charge on any atom is -0.444 e. The lowest BCUT2D eigenvalue weighted by molar-refractivity contribution is -0.0557. The molecule has 0 spiro atoms. The number of benzene rings is 1. The minimum atomic E-state index is -0.633. The SMILES string of the molecule is Cc1nc(F)c2c(-c3ccc(F)cc3C(=O)N3CCOC[C@H]3C)cc(C3CN([C@H](CO[C@H]4CCCN(C(=O)OC(C)(C)C)C4)C(C)C)C3)cn12. The number of aromatic nitrogens is 2. The molecule has 2 amide bonds. The molecule has 0 N–H and O–H groups in total. The average molecular weight is 696 g/mol. The molecule has 1 aromatic carbocycles. The average Bonchev–Trinajstić information content (AvgIpc) is 3.33. The third-order valence-electron chi connectivity index (χ3n) is 10.2. The first kappa shape index (κ1) is 36.2. The van der Waals surface area contributed by atoms with Crippen molar-refractivity contribution in [2.45, 2.75) is 91.0 Å². The summed E-state index contributed by atoms with van der Waals surface area (Å²) in [4.78, 5) is 36.6. The van der Waals surface area contributed by atoms with E-state index in [1.807, 2.05) is 40.0 Å². The first-order valence-electron chi connectivity index (χ1n) is 17.9. The van der Waals surface area contributed by atoms with E-state index in [1.165, 1.54) is 12.1 Å². The number of nitrogens with zero attached hydrogens (tertiary/aromatic N) is 5. The summed E-state index contributed by atoms with van der Waals surface area (Å²) in [6.07, 6.45) is 3.36. The quantitative estimate of drug-likeness (QED) is 0.274. The van der Waals surface area contributed by atoms with Crippen molar-refractivity contribution in [3.05, 3.63) is 59.2 Å². The van der Waals surface area contributed by atoms with Gasteiger partial charge >= 0.3 is 6.09 Å². The Kier molecular flexibility index (Phi) is 10.5. The summed E-state index contributed by atoms with van der Waals surface area (Å²) in [5.41, 5.74) is 1.89. The number of amides is 2. The van der Waals surface area contributed by atoms with Crippen LogP contribution >= 0.6 is 0 Å². The molecule has 272 valence electrons. The highest BCUT2D eigenvalue weighted by molar-refractivity contribution is 6.03. The second-order valence-electron chi connectivity index (χ2n) is 15.5. The van der Waals surface area contributed by atoms with Gasteiger partial charge in [0.2, 0.25) is 5.95 Å². The lowest BCUT2D eigenvalue weighted by Gasteiger charge is -2.46. The maximum absolute atomic E-state index is 15.5. The lowest BCUT2D eigenvalue weighted by atomic mass is 9.86. The van der Waals surface area contributed by atoms with E-state index in [-0.39, 0.29) is 47.2 Å². The molecule has 3 atom stereocenters. The molecular weight excluding hydrogens is 644 g/mol. The van der Waals surface area contributed by atoms with E-state index in [0.717, 1.165) is 31.5 Å². The molecule has 50 heavy (non-hydrogen) atoms. The molecule has 0 bridgehead atoms. The number of ether oxygens (including phenoxy) is 3. The molecular formula is C38H51F2N5O5. The molecule has 0 radical (unpaired) electrons. The zero-order valence-corrected chi connectivity index (χ0v) is 30.4. The van der Waals surface area contributed by atoms with Crippen LogP contribution in [0.25, 0.3) is 16.6 Å². The number of aryl methyl sites for hydroxylation is 1. The Balaban J connectivity index is 1.21. The largest absolute Gasteiger partial charge is 0.444 e. The molecule has 3 saturated heterocycles. The molecule has 3 fully saturated rings. The molecule has 2 aromatic heterocycles. The van der Waals surface area contributed by atoms with Gasteiger partial charge in [-0.1, -0.05) is 19.9 Å². The van der Waals surface area contributed by atoms with E-state index in [0.29, 0.717) is 62.3 Å². The normalized spacial score (nSPS) is 21.5. The fourth-order valence-corrected chi connectivity index (χ4v) is 7.39. The summed E-state index contributed by atoms with van der Waals surface area (Å²) < 4.78 is 49.5. The van der Waals surface area contributed by atoms with Crippen LogP contribution in [0.3, 0.4) is 0 Å². The number of pyridine rings is 1. The summed E-state index contributed by atoms with van der Waals surface area (Å²) in [7, 11) is 0. The second-order valence-corrected chi connectivity index (χ2v) is 15.5. The third-order valence-corrected chi connectivity index (χ3v) is 10.2. The fraction of sp³-hybridized carbons (Fsp3) is 0.605. The van der Waals surface area contributed by atoms with Gasteiger partial charge in [-0.25, -0.2) is 14.2 Å². The third kappa shape index (κ3) is 7.67. The summed E-state index contributed by atoms with van der Waals surface area (Å²) in [6.45, 7) is 18.2. The highest BCUT2D eigenvalue weighted by Crippen LogP contribution is 2.38. The first-order valence-corrected chi connectivity index (χ1v) is 17.9. The summed E-state index contributed by atoms with van der Waals surface area (Å²) in [6, 6.07) is 6.09. The Bertz CT molecular complexity index is 1720. The van der Waals surface area contributed by atoms with Crippen LogP contribution in [-0.2, 0) is 14.2 Å². The van der Waals surface area contributed by atoms with Crippen molar-refractivity contribution in [2.24, 2.45) is 5.92 Å². The summed E-state index contributed by atoms with van der Waals surface area (Å²) >= 11 is 0. The van der Waals surface area contributed by atoms with Crippen molar-refractivity contribution >= 4 is 17.5 Å². The highest BCUT2D eigenvalue weighted by Gasteiger charge is 2.37. The van der Waals surface area contributed by atoms with E-state index < -0.39 is 17.4 Å². The van der Waals surface area contributed by atoms with Crippen LogP contribution in [0.2, 0.25) is 0 Å². The van der Waals surface area contributed by atoms with E-state index in [2.05, 4.69) is 23.7 Å². The maximum Gasteiger partial charge on any atom is 0.410 e. The number of hydrogen-bond acceptors (Lipinski definition) is 7. The lowest BCUT2D eigenvalue weighted by Crippen LogP contribution is -2.55. The van der Waals surface area contributed by atoms with Crippen LogP contribution < -0.4 is 0 Å². The Morgan fingerprint density at radius 3 is 2.54 bits per heavy atom. The number of likely N-dealkylation sites (tertiary alicyclic amines) is 2. The molecule has 5 heterocycles. The molecule has 3 aliphatic rings. The second kappa shape index (κ2) is 14.6. The number of rotatable bonds is 8. The predicted molar refractivity (Wildman–Crippen MR) is 186 cm³/mol. The molecule has 0 saturated carbocycles. The van der Waals surface area contributed by atoms with Crippen molar-refractivity contribution in [1.29, 1.82) is 0 Å². The van der Waals surface area contributed by atoms with Gasteiger partial charge < -0.3 is 28.4 Å². The van der Waals surface area contributed by atoms with Crippen LogP contribution in [0, 0.1) is 24.6 Å². The fourth-order valence-electron chi connectivity index (χ4n) is 7.39. The molecule has 3 aromatic rings. The van der Waals surface area contributed by atoms with Gasteiger partial charge in [0.25, 0.3) is 5.91 Å². The summed E-state index contributed by atoms with van der Waals surface area (Å²) in [5.74, 6) is -0.489. The van der Waals surface area contributed by atoms with E-state index in [4.69, 9.17) is 14.2 Å². The number of carbonyl (C=O) groups is 2. The van der Waals surface area contributed by atoms with Crippen LogP contribution in [-0.4, -0.2) is 112 Å². The highest BCUT2D eigenvalue weighted by atomic mass is 19.1. The van der Waals surface area contributed by atoms with Gasteiger partial charge in [0, 0.05) is 49.9 Å². The Morgan fingerprint density at radius 2 is 1.84 bits per heavy atom. The molecule has 12 heteroatoms. The zero-order valence-electron chi connectivity index (χ0n) is 30.4. The first-order chi connectivity index (χ1) is 23.7. The van der Waals surface area contributed by atoms with Gasteiger partial charge in [0.1, 0.15) is 22.8 Å². The van der Waals surface area contributed by atoms with Crippen LogP contribution in [0.4, 0.5) is 13.6 Å². The summed E-state index contributed by atoms with van der Waals surface area (Å²) in [5, 5.41) is 0. The van der Waals surface area contributed by atoms with Crippen molar-refractivity contribution < 1.29 is 32.6 Å². The maximum atomic E-state index is 15.5. The number of fused-ring (bicyclic) bond motifs is 1. The topological polar surface area (TPSA) is 88.9 Å². The number of carbonyl (C=O) groups excluding carboxylic acids is 2. The van der Waals surface area contributed by atoms with Crippen molar-refractivity contribution in [1.82, 2.24) is 24.1 Å². The van der Waals surface area contributed by atoms with Crippen molar-refractivity contribution in [3.8, 4) is 11.1 Å². The van der Waals surface area contributed by atoms with Gasteiger partial charge in [-0.05, 0) is 82.7 Å². The van der Waals surface area contributed by atoms with E-state index >= 15 is 4.39 Å². The number of hydrogen-bond donors (Lipinski definition) is 0. The van der Waals surface area contributed by atoms with Gasteiger partial charge in [-0.2, -0.15) is 4.39 Å². The van der Waals surface area contributed by atoms with Gasteiger partial charge in [0.05, 0.1) is 44.1 Å². The van der Waals surface area contributed by atoms with Gasteiger partial charge in [-0.15, -0.1) is 0 Å². The standard InChI is InChI=1S/C38H51F2N5O5/c1-23(2)33(22-49-29-9-8-12-42(20-29)37(47)50-38(5,6)7)43-17-27(18-43)26-15-31(34-35(40)41-25(4)45(34)19-26)30-11-10-28(39)16-32(30)36(46)44-13-14-48-21-24(44)3/h10-11,15-16,19,23-24,27,29,33H,8-9,12-14,17-18,20-22H2,1-7H3/t24-,29+,33-/m1/s1. The Hall–Kier alpha value is -3.61. The molecule has 6 rings (SSSR count). The molecule has 3 aliphatic heterocycles. The Morgan fingerprint density at radius 1 is 1.08 bits per heavy atom. The van der Waals surface area contributed by atoms with Crippen molar-refractivity contribution in [3.63, 3.8) is 0 Å². The number of imidazole rings is 1. The molecule has 0 aliphatic carbocycles.